The van der Waals surface area contributed by atoms with Gasteiger partial charge in [0, 0.05) is 19.2 Å². The van der Waals surface area contributed by atoms with Crippen LogP contribution in [0.4, 0.5) is 5.82 Å². The highest BCUT2D eigenvalue weighted by Gasteiger charge is 2.10. The molecular formula is C9H10ClN5OS. The molecule has 8 heteroatoms. The Labute approximate surface area is 108 Å². The van der Waals surface area contributed by atoms with Gasteiger partial charge in [-0.1, -0.05) is 11.6 Å². The van der Waals surface area contributed by atoms with E-state index in [0.29, 0.717) is 17.3 Å². The summed E-state index contributed by atoms with van der Waals surface area (Å²) in [6.45, 7) is 1.94. The fraction of sp³-hybridized carbons (Fsp3) is 0.333. The summed E-state index contributed by atoms with van der Waals surface area (Å²) in [5, 5.41) is 11.9. The number of carbonyl (C=O) groups excluding carboxylic acids is 1. The third kappa shape index (κ3) is 4.09. The normalized spacial score (nSPS) is 9.71. The number of nitrogens with two attached hydrogens (primary N) is 1. The second kappa shape index (κ2) is 6.27. The Morgan fingerprint density at radius 1 is 1.65 bits per heavy atom. The molecule has 1 rings (SSSR count). The molecule has 17 heavy (non-hydrogen) atoms. The first-order chi connectivity index (χ1) is 8.04. The first kappa shape index (κ1) is 13.5. The SMILES string of the molecule is CC(=O)NCCSc1nc(N)c(C#N)nc1Cl. The Balaban J connectivity index is 2.63. The summed E-state index contributed by atoms with van der Waals surface area (Å²) in [6.07, 6.45) is 0. The lowest BCUT2D eigenvalue weighted by atomic mass is 10.4. The van der Waals surface area contributed by atoms with Gasteiger partial charge in [0.15, 0.2) is 16.7 Å². The Bertz CT molecular complexity index is 473. The van der Waals surface area contributed by atoms with Gasteiger partial charge in [-0.2, -0.15) is 5.26 Å². The van der Waals surface area contributed by atoms with Crippen LogP contribution in [-0.2, 0) is 4.79 Å². The summed E-state index contributed by atoms with van der Waals surface area (Å²) in [5.74, 6) is 0.556. The van der Waals surface area contributed by atoms with Gasteiger partial charge in [0.2, 0.25) is 5.91 Å². The van der Waals surface area contributed by atoms with Gasteiger partial charge >= 0.3 is 0 Å². The van der Waals surface area contributed by atoms with E-state index >= 15 is 0 Å². The van der Waals surface area contributed by atoms with Gasteiger partial charge in [-0.05, 0) is 0 Å². The van der Waals surface area contributed by atoms with Crippen LogP contribution in [-0.4, -0.2) is 28.2 Å². The molecule has 0 radical (unpaired) electrons. The highest BCUT2D eigenvalue weighted by atomic mass is 35.5. The second-order valence-electron chi connectivity index (χ2n) is 3.00. The zero-order valence-corrected chi connectivity index (χ0v) is 10.6. The van der Waals surface area contributed by atoms with Crippen molar-refractivity contribution >= 4 is 35.1 Å². The fourth-order valence-electron chi connectivity index (χ4n) is 0.961. The quantitative estimate of drug-likeness (QED) is 0.620. The molecule has 0 saturated heterocycles. The zero-order valence-electron chi connectivity index (χ0n) is 9.03. The predicted octanol–water partition coefficient (Wildman–Crippen LogP) is 0.812. The number of nitrogen functional groups attached to an aromatic ring is 1. The average molecular weight is 272 g/mol. The van der Waals surface area contributed by atoms with Crippen molar-refractivity contribution < 1.29 is 4.79 Å². The lowest BCUT2D eigenvalue weighted by Gasteiger charge is -2.05. The lowest BCUT2D eigenvalue weighted by Crippen LogP contribution is -2.22. The van der Waals surface area contributed by atoms with Gasteiger partial charge in [-0.15, -0.1) is 11.8 Å². The van der Waals surface area contributed by atoms with Gasteiger partial charge < -0.3 is 11.1 Å². The topological polar surface area (TPSA) is 105 Å². The van der Waals surface area contributed by atoms with E-state index in [2.05, 4.69) is 15.3 Å². The van der Waals surface area contributed by atoms with Crippen molar-refractivity contribution in [1.82, 2.24) is 15.3 Å². The number of thioether (sulfide) groups is 1. The summed E-state index contributed by atoms with van der Waals surface area (Å²) in [7, 11) is 0. The zero-order chi connectivity index (χ0) is 12.8. The van der Waals surface area contributed by atoms with Crippen LogP contribution in [0.2, 0.25) is 5.15 Å². The minimum atomic E-state index is -0.0953. The van der Waals surface area contributed by atoms with E-state index in [9.17, 15) is 4.79 Å². The van der Waals surface area contributed by atoms with Crippen LogP contribution < -0.4 is 11.1 Å². The Morgan fingerprint density at radius 2 is 2.35 bits per heavy atom. The summed E-state index contributed by atoms with van der Waals surface area (Å²) in [4.78, 5) is 18.4. The van der Waals surface area contributed by atoms with Gasteiger partial charge in [0.1, 0.15) is 11.1 Å². The number of halogens is 1. The molecule has 1 heterocycles. The van der Waals surface area contributed by atoms with Gasteiger partial charge in [-0.25, -0.2) is 9.97 Å². The van der Waals surface area contributed by atoms with E-state index in [1.807, 2.05) is 0 Å². The monoisotopic (exact) mass is 271 g/mol. The number of amides is 1. The van der Waals surface area contributed by atoms with E-state index in [1.165, 1.54) is 18.7 Å². The van der Waals surface area contributed by atoms with Crippen molar-refractivity contribution in [2.45, 2.75) is 11.9 Å². The number of rotatable bonds is 4. The number of nitrogens with zero attached hydrogens (tertiary/aromatic N) is 3. The highest BCUT2D eigenvalue weighted by Crippen LogP contribution is 2.24. The Morgan fingerprint density at radius 3 is 2.94 bits per heavy atom. The van der Waals surface area contributed by atoms with Crippen LogP contribution in [0.5, 0.6) is 0 Å². The maximum Gasteiger partial charge on any atom is 0.216 e. The van der Waals surface area contributed by atoms with Crippen molar-refractivity contribution in [1.29, 1.82) is 5.26 Å². The molecule has 0 atom stereocenters. The molecular weight excluding hydrogens is 262 g/mol. The Hall–Kier alpha value is -1.52. The molecule has 0 fully saturated rings. The lowest BCUT2D eigenvalue weighted by molar-refractivity contribution is -0.118. The third-order valence-electron chi connectivity index (χ3n) is 1.67. The molecule has 90 valence electrons. The molecule has 0 aliphatic rings. The first-order valence-corrected chi connectivity index (χ1v) is 6.01. The van der Waals surface area contributed by atoms with E-state index in [0.717, 1.165) is 0 Å². The van der Waals surface area contributed by atoms with E-state index in [4.69, 9.17) is 22.6 Å². The van der Waals surface area contributed by atoms with E-state index in [-0.39, 0.29) is 22.6 Å². The van der Waals surface area contributed by atoms with Crippen molar-refractivity contribution in [2.75, 3.05) is 18.0 Å². The molecule has 1 aromatic heterocycles. The minimum absolute atomic E-state index is 0.0150. The van der Waals surface area contributed by atoms with Crippen LogP contribution in [0, 0.1) is 11.3 Å². The van der Waals surface area contributed by atoms with Crippen molar-refractivity contribution in [3.05, 3.63) is 10.8 Å². The standard InChI is InChI=1S/C9H10ClN5OS/c1-5(16)13-2-3-17-9-7(10)14-6(4-11)8(12)15-9/h2-3H2,1H3,(H2,12,15)(H,13,16). The maximum absolute atomic E-state index is 10.6. The molecule has 1 amide bonds. The van der Waals surface area contributed by atoms with E-state index < -0.39 is 0 Å². The van der Waals surface area contributed by atoms with Gasteiger partial charge in [0.05, 0.1) is 0 Å². The van der Waals surface area contributed by atoms with Gasteiger partial charge in [-0.3, -0.25) is 4.79 Å². The number of aromatic nitrogens is 2. The number of hydrogen-bond acceptors (Lipinski definition) is 6. The average Bonchev–Trinajstić information content (AvgIpc) is 2.28. The second-order valence-corrected chi connectivity index (χ2v) is 4.44. The molecule has 0 aliphatic carbocycles. The fourth-order valence-corrected chi connectivity index (χ4v) is 1.98. The largest absolute Gasteiger partial charge is 0.381 e. The number of nitrogens with one attached hydrogen (secondary N) is 1. The molecule has 6 nitrogen and oxygen atoms in total. The summed E-state index contributed by atoms with van der Waals surface area (Å²) in [5.41, 5.74) is 5.53. The number of carbonyl (C=O) groups is 1. The summed E-state index contributed by atoms with van der Waals surface area (Å²) < 4.78 is 0. The van der Waals surface area contributed by atoms with Crippen LogP contribution >= 0.6 is 23.4 Å². The highest BCUT2D eigenvalue weighted by molar-refractivity contribution is 7.99. The summed E-state index contributed by atoms with van der Waals surface area (Å²) in [6, 6.07) is 1.80. The maximum atomic E-state index is 10.6. The van der Waals surface area contributed by atoms with E-state index in [1.54, 1.807) is 6.07 Å². The van der Waals surface area contributed by atoms with Crippen LogP contribution in [0.25, 0.3) is 0 Å². The molecule has 1 aromatic rings. The molecule has 0 aromatic carbocycles. The first-order valence-electron chi connectivity index (χ1n) is 4.65. The summed E-state index contributed by atoms with van der Waals surface area (Å²) >= 11 is 7.15. The molecule has 3 N–H and O–H groups in total. The number of nitriles is 1. The number of hydrogen-bond donors (Lipinski definition) is 2. The van der Waals surface area contributed by atoms with Gasteiger partial charge in [0.25, 0.3) is 0 Å². The van der Waals surface area contributed by atoms with Crippen LogP contribution in [0.15, 0.2) is 5.03 Å². The molecule has 0 unspecified atom stereocenters. The minimum Gasteiger partial charge on any atom is -0.381 e. The van der Waals surface area contributed by atoms with Crippen molar-refractivity contribution in [2.24, 2.45) is 0 Å². The molecule has 0 aliphatic heterocycles. The van der Waals surface area contributed by atoms with Crippen molar-refractivity contribution in [3.63, 3.8) is 0 Å². The van der Waals surface area contributed by atoms with Crippen LogP contribution in [0.1, 0.15) is 12.6 Å². The Kier molecular flexibility index (Phi) is 5.00. The smallest absolute Gasteiger partial charge is 0.216 e. The van der Waals surface area contributed by atoms with Crippen molar-refractivity contribution in [3.8, 4) is 6.07 Å². The molecule has 0 spiro atoms. The predicted molar refractivity (Wildman–Crippen MR) is 65.6 cm³/mol. The molecule has 0 saturated carbocycles. The number of anilines is 1. The van der Waals surface area contributed by atoms with Crippen LogP contribution in [0.3, 0.4) is 0 Å². The third-order valence-corrected chi connectivity index (χ3v) is 3.01. The molecule has 0 bridgehead atoms.